The number of ether oxygens (including phenoxy) is 2. The van der Waals surface area contributed by atoms with Gasteiger partial charge in [-0.2, -0.15) is 8.78 Å². The zero-order chi connectivity index (χ0) is 19.8. The number of rotatable bonds is 7. The van der Waals surface area contributed by atoms with Crippen LogP contribution in [-0.2, 0) is 14.3 Å². The third-order valence-electron chi connectivity index (χ3n) is 3.12. The van der Waals surface area contributed by atoms with Gasteiger partial charge in [0.2, 0.25) is 5.91 Å². The fourth-order valence-electron chi connectivity index (χ4n) is 2.12. The van der Waals surface area contributed by atoms with Gasteiger partial charge in [-0.25, -0.2) is 4.79 Å². The summed E-state index contributed by atoms with van der Waals surface area (Å²) in [6.07, 6.45) is 0. The van der Waals surface area contributed by atoms with Crippen molar-refractivity contribution >= 4 is 29.2 Å². The van der Waals surface area contributed by atoms with E-state index in [0.717, 1.165) is 0 Å². The molecule has 0 aliphatic heterocycles. The molecule has 0 saturated carbocycles. The van der Waals surface area contributed by atoms with Crippen LogP contribution < -0.4 is 15.4 Å². The fourth-order valence-corrected chi connectivity index (χ4v) is 2.12. The Bertz CT molecular complexity index is 842. The van der Waals surface area contributed by atoms with Gasteiger partial charge in [0, 0.05) is 18.3 Å². The van der Waals surface area contributed by atoms with Crippen LogP contribution in [0.15, 0.2) is 48.5 Å². The Hall–Kier alpha value is -3.49. The standard InChI is InChI=1S/C18H16F2N2O5/c1-11(23)21-12-5-4-6-13(9-12)22-16(24)10-26-17(25)14-7-2-3-8-15(14)27-18(19)20/h2-9,18H,10H2,1H3,(H,21,23)(H,22,24). The molecule has 2 aromatic rings. The van der Waals surface area contributed by atoms with Gasteiger partial charge in [-0.05, 0) is 30.3 Å². The molecule has 0 saturated heterocycles. The van der Waals surface area contributed by atoms with E-state index in [9.17, 15) is 23.2 Å². The molecule has 142 valence electrons. The van der Waals surface area contributed by atoms with E-state index in [-0.39, 0.29) is 17.2 Å². The van der Waals surface area contributed by atoms with Gasteiger partial charge >= 0.3 is 12.6 Å². The number of nitrogens with one attached hydrogen (secondary N) is 2. The maximum atomic E-state index is 12.4. The molecule has 2 amide bonds. The number of hydrogen-bond donors (Lipinski definition) is 2. The molecule has 27 heavy (non-hydrogen) atoms. The maximum Gasteiger partial charge on any atom is 0.387 e. The van der Waals surface area contributed by atoms with Gasteiger partial charge in [-0.3, -0.25) is 9.59 Å². The lowest BCUT2D eigenvalue weighted by atomic mass is 10.2. The molecule has 0 radical (unpaired) electrons. The van der Waals surface area contributed by atoms with Crippen molar-refractivity contribution in [3.8, 4) is 5.75 Å². The van der Waals surface area contributed by atoms with E-state index >= 15 is 0 Å². The Morgan fingerprint density at radius 2 is 1.67 bits per heavy atom. The van der Waals surface area contributed by atoms with Gasteiger partial charge in [0.15, 0.2) is 6.61 Å². The van der Waals surface area contributed by atoms with Crippen molar-refractivity contribution in [2.45, 2.75) is 13.5 Å². The molecule has 2 N–H and O–H groups in total. The van der Waals surface area contributed by atoms with Gasteiger partial charge in [-0.15, -0.1) is 0 Å². The van der Waals surface area contributed by atoms with Crippen LogP contribution in [0, 0.1) is 0 Å². The largest absolute Gasteiger partial charge is 0.452 e. The average Bonchev–Trinajstić information content (AvgIpc) is 2.59. The number of carbonyl (C=O) groups excluding carboxylic acids is 3. The molecule has 0 atom stereocenters. The van der Waals surface area contributed by atoms with Crippen LogP contribution in [0.3, 0.4) is 0 Å². The van der Waals surface area contributed by atoms with Gasteiger partial charge in [-0.1, -0.05) is 18.2 Å². The van der Waals surface area contributed by atoms with E-state index in [1.54, 1.807) is 18.2 Å². The molecule has 0 spiro atoms. The smallest absolute Gasteiger partial charge is 0.387 e. The highest BCUT2D eigenvalue weighted by molar-refractivity contribution is 5.97. The van der Waals surface area contributed by atoms with Crippen molar-refractivity contribution in [1.82, 2.24) is 0 Å². The Morgan fingerprint density at radius 1 is 1.00 bits per heavy atom. The second-order valence-electron chi connectivity index (χ2n) is 5.26. The summed E-state index contributed by atoms with van der Waals surface area (Å²) in [6.45, 7) is -2.38. The molecule has 9 heteroatoms. The molecule has 2 aromatic carbocycles. The third-order valence-corrected chi connectivity index (χ3v) is 3.12. The minimum absolute atomic E-state index is 0.224. The molecule has 7 nitrogen and oxygen atoms in total. The summed E-state index contributed by atoms with van der Waals surface area (Å²) >= 11 is 0. The Balaban J connectivity index is 1.94. The van der Waals surface area contributed by atoms with Crippen molar-refractivity contribution in [2.75, 3.05) is 17.2 Å². The number of benzene rings is 2. The van der Waals surface area contributed by atoms with Crippen molar-refractivity contribution < 1.29 is 32.6 Å². The molecule has 2 rings (SSSR count). The van der Waals surface area contributed by atoms with Crippen LogP contribution in [0.5, 0.6) is 5.75 Å². The SMILES string of the molecule is CC(=O)Nc1cccc(NC(=O)COC(=O)c2ccccc2OC(F)F)c1. The van der Waals surface area contributed by atoms with E-state index in [1.807, 2.05) is 0 Å². The van der Waals surface area contributed by atoms with Gasteiger partial charge < -0.3 is 20.1 Å². The fraction of sp³-hybridized carbons (Fsp3) is 0.167. The second kappa shape index (κ2) is 9.27. The van der Waals surface area contributed by atoms with Gasteiger partial charge in [0.25, 0.3) is 5.91 Å². The first-order chi connectivity index (χ1) is 12.8. The summed E-state index contributed by atoms with van der Waals surface area (Å²) in [5.41, 5.74) is 0.636. The number of alkyl halides is 2. The van der Waals surface area contributed by atoms with Crippen LogP contribution >= 0.6 is 0 Å². The summed E-state index contributed by atoms with van der Waals surface area (Å²) in [6, 6.07) is 11.7. The lowest BCUT2D eigenvalue weighted by Crippen LogP contribution is -2.21. The first-order valence-corrected chi connectivity index (χ1v) is 7.73. The molecule has 0 aromatic heterocycles. The molecule has 0 bridgehead atoms. The lowest BCUT2D eigenvalue weighted by molar-refractivity contribution is -0.119. The summed E-state index contributed by atoms with van der Waals surface area (Å²) in [4.78, 5) is 35.0. The Morgan fingerprint density at radius 3 is 2.33 bits per heavy atom. The minimum Gasteiger partial charge on any atom is -0.452 e. The van der Waals surface area contributed by atoms with Crippen LogP contribution in [-0.4, -0.2) is 31.0 Å². The van der Waals surface area contributed by atoms with Crippen molar-refractivity contribution in [3.05, 3.63) is 54.1 Å². The summed E-state index contributed by atoms with van der Waals surface area (Å²) < 4.78 is 33.8. The number of carbonyl (C=O) groups is 3. The predicted octanol–water partition coefficient (Wildman–Crippen LogP) is 3.04. The van der Waals surface area contributed by atoms with E-state index in [0.29, 0.717) is 11.4 Å². The topological polar surface area (TPSA) is 93.7 Å². The van der Waals surface area contributed by atoms with Crippen LogP contribution in [0.4, 0.5) is 20.2 Å². The van der Waals surface area contributed by atoms with E-state index in [2.05, 4.69) is 15.4 Å². The predicted molar refractivity (Wildman–Crippen MR) is 92.7 cm³/mol. The monoisotopic (exact) mass is 378 g/mol. The highest BCUT2D eigenvalue weighted by Gasteiger charge is 2.17. The molecular weight excluding hydrogens is 362 g/mol. The van der Waals surface area contributed by atoms with E-state index < -0.39 is 25.1 Å². The number of halogens is 2. The molecule has 0 aliphatic carbocycles. The lowest BCUT2D eigenvalue weighted by Gasteiger charge is -2.11. The first-order valence-electron chi connectivity index (χ1n) is 7.73. The number of amides is 2. The first kappa shape index (κ1) is 19.8. The van der Waals surface area contributed by atoms with Crippen molar-refractivity contribution in [1.29, 1.82) is 0 Å². The average molecular weight is 378 g/mol. The molecule has 0 aliphatic rings. The quantitative estimate of drug-likeness (QED) is 0.723. The summed E-state index contributed by atoms with van der Waals surface area (Å²) in [5.74, 6) is -2.23. The van der Waals surface area contributed by atoms with Crippen LogP contribution in [0.1, 0.15) is 17.3 Å². The van der Waals surface area contributed by atoms with Crippen molar-refractivity contribution in [2.24, 2.45) is 0 Å². The molecule has 0 heterocycles. The molecular formula is C18H16F2N2O5. The Labute approximate surface area is 153 Å². The normalized spacial score (nSPS) is 10.2. The second-order valence-corrected chi connectivity index (χ2v) is 5.26. The zero-order valence-electron chi connectivity index (χ0n) is 14.2. The highest BCUT2D eigenvalue weighted by atomic mass is 19.3. The Kier molecular flexibility index (Phi) is 6.81. The van der Waals surface area contributed by atoms with E-state index in [1.165, 1.54) is 37.3 Å². The van der Waals surface area contributed by atoms with E-state index in [4.69, 9.17) is 4.74 Å². The number of anilines is 2. The third kappa shape index (κ3) is 6.38. The number of esters is 1. The van der Waals surface area contributed by atoms with Gasteiger partial charge in [0.1, 0.15) is 11.3 Å². The van der Waals surface area contributed by atoms with Crippen molar-refractivity contribution in [3.63, 3.8) is 0 Å². The summed E-state index contributed by atoms with van der Waals surface area (Å²) in [5, 5.41) is 5.05. The zero-order valence-corrected chi connectivity index (χ0v) is 14.2. The van der Waals surface area contributed by atoms with Gasteiger partial charge in [0.05, 0.1) is 0 Å². The number of hydrogen-bond acceptors (Lipinski definition) is 5. The maximum absolute atomic E-state index is 12.4. The summed E-state index contributed by atoms with van der Waals surface area (Å²) in [7, 11) is 0. The highest BCUT2D eigenvalue weighted by Crippen LogP contribution is 2.21. The molecule has 0 fully saturated rings. The van der Waals surface area contributed by atoms with Crippen LogP contribution in [0.2, 0.25) is 0 Å². The minimum atomic E-state index is -3.10. The molecule has 0 unspecified atom stereocenters. The number of para-hydroxylation sites is 1. The van der Waals surface area contributed by atoms with Crippen LogP contribution in [0.25, 0.3) is 0 Å².